The summed E-state index contributed by atoms with van der Waals surface area (Å²) in [6, 6.07) is 9.06. The third kappa shape index (κ3) is 3.30. The number of nitrogens with zero attached hydrogens (tertiary/aromatic N) is 1. The molecule has 0 saturated carbocycles. The van der Waals surface area contributed by atoms with Crippen molar-refractivity contribution >= 4 is 38.8 Å². The van der Waals surface area contributed by atoms with E-state index in [4.69, 9.17) is 15.2 Å². The molecule has 3 N–H and O–H groups in total. The summed E-state index contributed by atoms with van der Waals surface area (Å²) in [6.07, 6.45) is 0. The molecule has 0 bridgehead atoms. The zero-order valence-corrected chi connectivity index (χ0v) is 15.9. The number of thiophene rings is 1. The molecule has 0 aliphatic heterocycles. The Hall–Kier alpha value is -2.80. The molecule has 0 aliphatic carbocycles. The van der Waals surface area contributed by atoms with Gasteiger partial charge in [-0.2, -0.15) is 0 Å². The largest absolute Gasteiger partial charge is 0.493 e. The molecule has 7 heteroatoms. The Balaban J connectivity index is 1.91. The molecule has 6 nitrogen and oxygen atoms in total. The highest BCUT2D eigenvalue weighted by Gasteiger charge is 2.18. The Labute approximate surface area is 155 Å². The smallest absolute Gasteiger partial charge is 0.267 e. The molecule has 2 heterocycles. The molecular weight excluding hydrogens is 350 g/mol. The summed E-state index contributed by atoms with van der Waals surface area (Å²) in [4.78, 5) is 18.5. The number of carbonyl (C=O) groups excluding carboxylic acids is 1. The van der Waals surface area contributed by atoms with Crippen molar-refractivity contribution in [1.29, 1.82) is 0 Å². The fraction of sp³-hybridized carbons (Fsp3) is 0.263. The maximum atomic E-state index is 12.7. The molecule has 2 aromatic heterocycles. The van der Waals surface area contributed by atoms with Gasteiger partial charge in [0.25, 0.3) is 5.91 Å². The van der Waals surface area contributed by atoms with Gasteiger partial charge in [-0.05, 0) is 30.2 Å². The number of ether oxygens (including phenoxy) is 2. The number of carbonyl (C=O) groups is 1. The van der Waals surface area contributed by atoms with Crippen LogP contribution in [0.15, 0.2) is 30.3 Å². The van der Waals surface area contributed by atoms with Gasteiger partial charge in [0.15, 0.2) is 11.5 Å². The Morgan fingerprint density at radius 2 is 1.88 bits per heavy atom. The normalized spacial score (nSPS) is 11.0. The Bertz CT molecular complexity index is 966. The number of nitrogen functional groups attached to an aromatic ring is 1. The topological polar surface area (TPSA) is 86.5 Å². The number of fused-ring (bicyclic) bond motifs is 1. The van der Waals surface area contributed by atoms with E-state index >= 15 is 0 Å². The second-order valence-electron chi connectivity index (χ2n) is 6.11. The molecule has 0 radical (unpaired) electrons. The maximum absolute atomic E-state index is 12.7. The molecular formula is C19H21N3O3S. The molecule has 0 unspecified atom stereocenters. The van der Waals surface area contributed by atoms with Crippen LogP contribution in [0.5, 0.6) is 11.5 Å². The van der Waals surface area contributed by atoms with Crippen LogP contribution in [-0.4, -0.2) is 25.1 Å². The first-order chi connectivity index (χ1) is 12.4. The van der Waals surface area contributed by atoms with Gasteiger partial charge in [0.1, 0.15) is 9.71 Å². The quantitative estimate of drug-likeness (QED) is 0.699. The fourth-order valence-corrected chi connectivity index (χ4v) is 3.60. The van der Waals surface area contributed by atoms with Crippen LogP contribution in [0.25, 0.3) is 10.2 Å². The van der Waals surface area contributed by atoms with Gasteiger partial charge >= 0.3 is 0 Å². The second kappa shape index (κ2) is 7.21. The van der Waals surface area contributed by atoms with E-state index in [1.165, 1.54) is 11.3 Å². The number of hydrogen-bond acceptors (Lipinski definition) is 6. The molecule has 26 heavy (non-hydrogen) atoms. The van der Waals surface area contributed by atoms with Gasteiger partial charge in [0.05, 0.1) is 19.9 Å². The average molecular weight is 371 g/mol. The molecule has 3 rings (SSSR count). The number of nitrogens with two attached hydrogens (primary N) is 1. The van der Waals surface area contributed by atoms with Crippen molar-refractivity contribution in [1.82, 2.24) is 4.98 Å². The molecule has 1 amide bonds. The van der Waals surface area contributed by atoms with Crippen molar-refractivity contribution in [3.8, 4) is 11.5 Å². The van der Waals surface area contributed by atoms with Gasteiger partial charge in [-0.15, -0.1) is 11.3 Å². The minimum Gasteiger partial charge on any atom is -0.493 e. The first kappa shape index (κ1) is 18.0. The lowest BCUT2D eigenvalue weighted by atomic mass is 10.1. The van der Waals surface area contributed by atoms with Crippen LogP contribution >= 0.6 is 11.3 Å². The molecule has 0 fully saturated rings. The van der Waals surface area contributed by atoms with E-state index in [1.54, 1.807) is 32.4 Å². The lowest BCUT2D eigenvalue weighted by molar-refractivity contribution is 0.103. The molecule has 1 aromatic carbocycles. The Morgan fingerprint density at radius 1 is 1.15 bits per heavy atom. The van der Waals surface area contributed by atoms with Crippen LogP contribution in [0, 0.1) is 0 Å². The predicted octanol–water partition coefficient (Wildman–Crippen LogP) is 4.27. The van der Waals surface area contributed by atoms with E-state index < -0.39 is 0 Å². The number of anilines is 2. The number of methoxy groups -OCH3 is 2. The lowest BCUT2D eigenvalue weighted by Crippen LogP contribution is -2.12. The predicted molar refractivity (Wildman–Crippen MR) is 106 cm³/mol. The number of aromatic nitrogens is 1. The standard InChI is InChI=1S/C19H21N3O3S/c1-10(2)13-7-6-12-16(20)17(26-19(12)22-13)18(23)21-11-5-8-14(24-3)15(9-11)25-4/h5-10H,20H2,1-4H3,(H,21,23). The van der Waals surface area contributed by atoms with E-state index in [0.717, 1.165) is 15.9 Å². The van der Waals surface area contributed by atoms with Gasteiger partial charge in [0.2, 0.25) is 0 Å². The highest BCUT2D eigenvalue weighted by atomic mass is 32.1. The van der Waals surface area contributed by atoms with E-state index in [2.05, 4.69) is 24.1 Å². The average Bonchev–Trinajstić information content (AvgIpc) is 2.97. The van der Waals surface area contributed by atoms with Crippen LogP contribution in [0.4, 0.5) is 11.4 Å². The zero-order valence-electron chi connectivity index (χ0n) is 15.1. The summed E-state index contributed by atoms with van der Waals surface area (Å²) in [5, 5.41) is 3.65. The monoisotopic (exact) mass is 371 g/mol. The molecule has 3 aromatic rings. The maximum Gasteiger partial charge on any atom is 0.267 e. The molecule has 136 valence electrons. The first-order valence-corrected chi connectivity index (χ1v) is 8.98. The van der Waals surface area contributed by atoms with Gasteiger partial charge < -0.3 is 20.5 Å². The van der Waals surface area contributed by atoms with Crippen molar-refractivity contribution in [3.63, 3.8) is 0 Å². The minimum atomic E-state index is -0.274. The van der Waals surface area contributed by atoms with Crippen LogP contribution in [0.2, 0.25) is 0 Å². The van der Waals surface area contributed by atoms with E-state index in [0.29, 0.717) is 33.7 Å². The zero-order chi connectivity index (χ0) is 18.8. The summed E-state index contributed by atoms with van der Waals surface area (Å²) in [6.45, 7) is 4.16. The highest BCUT2D eigenvalue weighted by molar-refractivity contribution is 7.21. The van der Waals surface area contributed by atoms with E-state index in [9.17, 15) is 4.79 Å². The van der Waals surface area contributed by atoms with Crippen molar-refractivity contribution < 1.29 is 14.3 Å². The van der Waals surface area contributed by atoms with Crippen LogP contribution in [-0.2, 0) is 0 Å². The van der Waals surface area contributed by atoms with Crippen molar-refractivity contribution in [2.24, 2.45) is 0 Å². The van der Waals surface area contributed by atoms with Gasteiger partial charge in [-0.3, -0.25) is 4.79 Å². The molecule has 0 aliphatic rings. The second-order valence-corrected chi connectivity index (χ2v) is 7.11. The van der Waals surface area contributed by atoms with Gasteiger partial charge in [0, 0.05) is 22.8 Å². The summed E-state index contributed by atoms with van der Waals surface area (Å²) in [7, 11) is 3.11. The summed E-state index contributed by atoms with van der Waals surface area (Å²) in [5.41, 5.74) is 8.21. The Morgan fingerprint density at radius 3 is 2.54 bits per heavy atom. The van der Waals surface area contributed by atoms with Crippen molar-refractivity contribution in [3.05, 3.63) is 40.9 Å². The van der Waals surface area contributed by atoms with Gasteiger partial charge in [-0.25, -0.2) is 4.98 Å². The fourth-order valence-electron chi connectivity index (χ4n) is 2.60. The SMILES string of the molecule is COc1ccc(NC(=O)c2sc3nc(C(C)C)ccc3c2N)cc1OC. The molecule has 0 atom stereocenters. The number of hydrogen-bond donors (Lipinski definition) is 2. The summed E-state index contributed by atoms with van der Waals surface area (Å²) < 4.78 is 10.5. The summed E-state index contributed by atoms with van der Waals surface area (Å²) in [5.74, 6) is 1.17. The third-order valence-corrected chi connectivity index (χ3v) is 5.17. The highest BCUT2D eigenvalue weighted by Crippen LogP contribution is 2.35. The van der Waals surface area contributed by atoms with Crippen molar-refractivity contribution in [2.45, 2.75) is 19.8 Å². The van der Waals surface area contributed by atoms with E-state index in [1.807, 2.05) is 12.1 Å². The number of benzene rings is 1. The Kier molecular flexibility index (Phi) is 4.99. The number of nitrogens with one attached hydrogen (secondary N) is 1. The number of rotatable bonds is 5. The lowest BCUT2D eigenvalue weighted by Gasteiger charge is -2.10. The number of pyridine rings is 1. The van der Waals surface area contributed by atoms with Crippen LogP contribution in [0.1, 0.15) is 35.1 Å². The summed E-state index contributed by atoms with van der Waals surface area (Å²) >= 11 is 1.30. The molecule has 0 saturated heterocycles. The molecule has 0 spiro atoms. The number of amides is 1. The third-order valence-electron chi connectivity index (χ3n) is 4.05. The van der Waals surface area contributed by atoms with E-state index in [-0.39, 0.29) is 5.91 Å². The van der Waals surface area contributed by atoms with Crippen molar-refractivity contribution in [2.75, 3.05) is 25.3 Å². The minimum absolute atomic E-state index is 0.274. The van der Waals surface area contributed by atoms with Gasteiger partial charge in [-0.1, -0.05) is 13.8 Å². The van der Waals surface area contributed by atoms with Crippen LogP contribution in [0.3, 0.4) is 0 Å². The van der Waals surface area contributed by atoms with Crippen LogP contribution < -0.4 is 20.5 Å². The first-order valence-electron chi connectivity index (χ1n) is 8.17.